The number of aliphatic hydroxyl groups is 1. The summed E-state index contributed by atoms with van der Waals surface area (Å²) >= 11 is 0. The number of hydrogen-bond donors (Lipinski definition) is 1. The third-order valence-corrected chi connectivity index (χ3v) is 3.92. The van der Waals surface area contributed by atoms with Crippen LogP contribution in [0.1, 0.15) is 52.9 Å². The second-order valence-corrected chi connectivity index (χ2v) is 5.10. The highest BCUT2D eigenvalue weighted by atomic mass is 16.3. The fourth-order valence-electron chi connectivity index (χ4n) is 2.44. The summed E-state index contributed by atoms with van der Waals surface area (Å²) in [5, 5.41) is 19.3. The van der Waals surface area contributed by atoms with Crippen LogP contribution in [0.15, 0.2) is 0 Å². The van der Waals surface area contributed by atoms with Crippen molar-refractivity contribution in [3.05, 3.63) is 0 Å². The Bertz CT molecular complexity index is 226. The molecule has 0 aromatic heterocycles. The lowest BCUT2D eigenvalue weighted by Crippen LogP contribution is -2.45. The molecule has 1 saturated carbocycles. The van der Waals surface area contributed by atoms with Crippen molar-refractivity contribution in [3.8, 4) is 6.07 Å². The molecule has 0 unspecified atom stereocenters. The monoisotopic (exact) mass is 195 g/mol. The summed E-state index contributed by atoms with van der Waals surface area (Å²) in [4.78, 5) is 0. The highest BCUT2D eigenvalue weighted by Gasteiger charge is 2.46. The Morgan fingerprint density at radius 1 is 1.43 bits per heavy atom. The smallest absolute Gasteiger partial charge is 0.0855 e. The van der Waals surface area contributed by atoms with Gasteiger partial charge in [0, 0.05) is 0 Å². The van der Waals surface area contributed by atoms with Crippen LogP contribution in [0.3, 0.4) is 0 Å². The zero-order valence-electron chi connectivity index (χ0n) is 9.51. The van der Waals surface area contributed by atoms with Crippen molar-refractivity contribution in [3.63, 3.8) is 0 Å². The van der Waals surface area contributed by atoms with E-state index < -0.39 is 11.0 Å². The first-order chi connectivity index (χ1) is 6.45. The normalized spacial score (nSPS) is 33.8. The minimum Gasteiger partial charge on any atom is -0.389 e. The van der Waals surface area contributed by atoms with E-state index in [1.807, 2.05) is 0 Å². The Balaban J connectivity index is 2.73. The summed E-state index contributed by atoms with van der Waals surface area (Å²) in [6.07, 6.45) is 5.09. The van der Waals surface area contributed by atoms with Gasteiger partial charge in [0.15, 0.2) is 0 Å². The second-order valence-electron chi connectivity index (χ2n) is 5.10. The molecule has 1 fully saturated rings. The van der Waals surface area contributed by atoms with Crippen LogP contribution in [0, 0.1) is 22.7 Å². The van der Waals surface area contributed by atoms with E-state index in [1.54, 1.807) is 13.8 Å². The molecule has 0 aromatic carbocycles. The number of nitriles is 1. The van der Waals surface area contributed by atoms with E-state index in [9.17, 15) is 10.4 Å². The van der Waals surface area contributed by atoms with Gasteiger partial charge in [0.25, 0.3) is 0 Å². The minimum atomic E-state index is -0.861. The third kappa shape index (κ3) is 1.93. The van der Waals surface area contributed by atoms with Crippen LogP contribution >= 0.6 is 0 Å². The largest absolute Gasteiger partial charge is 0.389 e. The Hall–Kier alpha value is -0.550. The molecule has 2 nitrogen and oxygen atoms in total. The molecule has 1 aliphatic rings. The van der Waals surface area contributed by atoms with Gasteiger partial charge in [-0.05, 0) is 45.4 Å². The van der Waals surface area contributed by atoms with E-state index in [0.717, 1.165) is 31.6 Å². The molecule has 0 amide bonds. The number of rotatable bonds is 2. The maximum Gasteiger partial charge on any atom is 0.0855 e. The van der Waals surface area contributed by atoms with E-state index in [4.69, 9.17) is 0 Å². The lowest BCUT2D eigenvalue weighted by atomic mass is 9.63. The lowest BCUT2D eigenvalue weighted by Gasteiger charge is -2.42. The first-order valence-electron chi connectivity index (χ1n) is 5.59. The molecule has 0 heterocycles. The molecule has 2 heteroatoms. The van der Waals surface area contributed by atoms with Crippen molar-refractivity contribution in [2.45, 2.75) is 58.5 Å². The highest BCUT2D eigenvalue weighted by Crippen LogP contribution is 2.46. The summed E-state index contributed by atoms with van der Waals surface area (Å²) in [5.74, 6) is 0.763. The maximum atomic E-state index is 10.0. The van der Waals surface area contributed by atoms with Gasteiger partial charge in [-0.1, -0.05) is 13.3 Å². The van der Waals surface area contributed by atoms with E-state index in [-0.39, 0.29) is 0 Å². The van der Waals surface area contributed by atoms with Crippen LogP contribution in [0.25, 0.3) is 0 Å². The fraction of sp³-hybridized carbons (Fsp3) is 0.917. The molecular weight excluding hydrogens is 174 g/mol. The van der Waals surface area contributed by atoms with Gasteiger partial charge >= 0.3 is 0 Å². The zero-order valence-corrected chi connectivity index (χ0v) is 9.51. The van der Waals surface area contributed by atoms with E-state index >= 15 is 0 Å². The minimum absolute atomic E-state index is 0.501. The van der Waals surface area contributed by atoms with Gasteiger partial charge in [0.05, 0.1) is 17.1 Å². The molecule has 0 atom stereocenters. The molecule has 1 N–H and O–H groups in total. The lowest BCUT2D eigenvalue weighted by molar-refractivity contribution is -0.0488. The summed E-state index contributed by atoms with van der Waals surface area (Å²) in [5.41, 5.74) is -1.36. The molecule has 14 heavy (non-hydrogen) atoms. The van der Waals surface area contributed by atoms with Gasteiger partial charge in [-0.3, -0.25) is 0 Å². The molecule has 1 aliphatic carbocycles. The van der Waals surface area contributed by atoms with Crippen LogP contribution in [0.4, 0.5) is 0 Å². The Kier molecular flexibility index (Phi) is 3.21. The van der Waals surface area contributed by atoms with Crippen LogP contribution in [0.5, 0.6) is 0 Å². The zero-order chi connectivity index (χ0) is 10.8. The fourth-order valence-corrected chi connectivity index (χ4v) is 2.44. The molecule has 0 aromatic rings. The number of nitrogens with zero attached hydrogens (tertiary/aromatic N) is 1. The predicted molar refractivity (Wildman–Crippen MR) is 56.6 cm³/mol. The van der Waals surface area contributed by atoms with E-state index in [2.05, 4.69) is 13.0 Å². The third-order valence-electron chi connectivity index (χ3n) is 3.92. The number of hydrogen-bond acceptors (Lipinski definition) is 2. The molecule has 1 rings (SSSR count). The van der Waals surface area contributed by atoms with Gasteiger partial charge in [0.2, 0.25) is 0 Å². The van der Waals surface area contributed by atoms with Crippen LogP contribution in [0.2, 0.25) is 0 Å². The summed E-state index contributed by atoms with van der Waals surface area (Å²) < 4.78 is 0. The highest BCUT2D eigenvalue weighted by molar-refractivity contribution is 5.09. The Morgan fingerprint density at radius 2 is 1.93 bits per heavy atom. The van der Waals surface area contributed by atoms with Crippen molar-refractivity contribution in [1.29, 1.82) is 5.26 Å². The predicted octanol–water partition coefficient (Wildman–Crippen LogP) is 2.87. The van der Waals surface area contributed by atoms with E-state index in [0.29, 0.717) is 0 Å². The van der Waals surface area contributed by atoms with E-state index in [1.165, 1.54) is 6.42 Å². The standard InChI is InChI=1S/C12H21NO/c1-4-10-5-7-12(9-13,8-6-10)11(2,3)14/h10,14H,4-8H2,1-3H3. The van der Waals surface area contributed by atoms with Gasteiger partial charge < -0.3 is 5.11 Å². The average Bonchev–Trinajstić information content (AvgIpc) is 2.16. The Morgan fingerprint density at radius 3 is 2.21 bits per heavy atom. The molecule has 0 aliphatic heterocycles. The summed E-state index contributed by atoms with van der Waals surface area (Å²) in [6.45, 7) is 5.74. The Labute approximate surface area is 86.9 Å². The van der Waals surface area contributed by atoms with Gasteiger partial charge in [-0.2, -0.15) is 5.26 Å². The van der Waals surface area contributed by atoms with Crippen molar-refractivity contribution in [2.24, 2.45) is 11.3 Å². The molecule has 0 bridgehead atoms. The molecule has 80 valence electrons. The van der Waals surface area contributed by atoms with Crippen molar-refractivity contribution >= 4 is 0 Å². The summed E-state index contributed by atoms with van der Waals surface area (Å²) in [7, 11) is 0. The van der Waals surface area contributed by atoms with Crippen LogP contribution in [-0.4, -0.2) is 10.7 Å². The summed E-state index contributed by atoms with van der Waals surface area (Å²) in [6, 6.07) is 2.35. The SMILES string of the molecule is CCC1CCC(C#N)(C(C)(C)O)CC1. The molecule has 0 radical (unpaired) electrons. The molecule has 0 spiro atoms. The van der Waals surface area contributed by atoms with Crippen LogP contribution in [-0.2, 0) is 0 Å². The van der Waals surface area contributed by atoms with Crippen molar-refractivity contribution < 1.29 is 5.11 Å². The van der Waals surface area contributed by atoms with Gasteiger partial charge in [0.1, 0.15) is 0 Å². The maximum absolute atomic E-state index is 10.0. The van der Waals surface area contributed by atoms with Gasteiger partial charge in [-0.15, -0.1) is 0 Å². The first-order valence-corrected chi connectivity index (χ1v) is 5.59. The van der Waals surface area contributed by atoms with Gasteiger partial charge in [-0.25, -0.2) is 0 Å². The average molecular weight is 195 g/mol. The van der Waals surface area contributed by atoms with Crippen LogP contribution < -0.4 is 0 Å². The molecular formula is C12H21NO. The quantitative estimate of drug-likeness (QED) is 0.736. The van der Waals surface area contributed by atoms with Crippen molar-refractivity contribution in [1.82, 2.24) is 0 Å². The molecule has 0 saturated heterocycles. The second kappa shape index (κ2) is 3.90. The topological polar surface area (TPSA) is 44.0 Å². The first kappa shape index (κ1) is 11.5. The van der Waals surface area contributed by atoms with Crippen molar-refractivity contribution in [2.75, 3.05) is 0 Å².